The van der Waals surface area contributed by atoms with Crippen molar-refractivity contribution in [3.05, 3.63) is 111 Å². The number of ether oxygens (including phenoxy) is 1. The third-order valence-corrected chi connectivity index (χ3v) is 7.00. The number of imide groups is 2. The van der Waals surface area contributed by atoms with Crippen molar-refractivity contribution in [2.24, 2.45) is 0 Å². The summed E-state index contributed by atoms with van der Waals surface area (Å²) in [4.78, 5) is 39.2. The zero-order chi connectivity index (χ0) is 26.1. The van der Waals surface area contributed by atoms with Crippen LogP contribution in [-0.2, 0) is 16.2 Å². The van der Waals surface area contributed by atoms with Crippen LogP contribution in [0.25, 0.3) is 16.8 Å². The van der Waals surface area contributed by atoms with Crippen LogP contribution in [0.3, 0.4) is 0 Å². The van der Waals surface area contributed by atoms with Gasteiger partial charge in [0.05, 0.1) is 10.2 Å². The number of halogens is 1. The normalized spacial score (nSPS) is 14.8. The number of urea groups is 1. The van der Waals surface area contributed by atoms with Gasteiger partial charge >= 0.3 is 6.03 Å². The molecule has 0 saturated carbocycles. The highest BCUT2D eigenvalue weighted by molar-refractivity contribution is 9.10. The first-order valence-electron chi connectivity index (χ1n) is 11.7. The van der Waals surface area contributed by atoms with Gasteiger partial charge in [0.2, 0.25) is 0 Å². The summed E-state index contributed by atoms with van der Waals surface area (Å²) in [7, 11) is 0. The Morgan fingerprint density at radius 2 is 1.68 bits per heavy atom. The number of carbonyl (C=O) groups is 3. The molecule has 1 aliphatic rings. The van der Waals surface area contributed by atoms with Crippen molar-refractivity contribution in [1.29, 1.82) is 0 Å². The molecular formula is C30H23BrN2O4. The Labute approximate surface area is 222 Å². The number of hydrogen-bond acceptors (Lipinski definition) is 4. The number of carbonyl (C=O) groups excluding carboxylic acids is 3. The molecular weight excluding hydrogens is 532 g/mol. The van der Waals surface area contributed by atoms with Crippen LogP contribution in [0.2, 0.25) is 0 Å². The van der Waals surface area contributed by atoms with Crippen LogP contribution in [0, 0.1) is 13.8 Å². The van der Waals surface area contributed by atoms with Gasteiger partial charge in [0.15, 0.2) is 0 Å². The Hall–Kier alpha value is -4.23. The second kappa shape index (κ2) is 10.0. The van der Waals surface area contributed by atoms with Crippen molar-refractivity contribution in [2.75, 3.05) is 4.90 Å². The number of benzene rings is 4. The Morgan fingerprint density at radius 1 is 0.892 bits per heavy atom. The number of anilines is 1. The fraction of sp³-hybridized carbons (Fsp3) is 0.100. The van der Waals surface area contributed by atoms with Crippen LogP contribution in [0.4, 0.5) is 10.5 Å². The number of nitrogens with zero attached hydrogens (tertiary/aromatic N) is 1. The molecule has 1 saturated heterocycles. The van der Waals surface area contributed by atoms with Gasteiger partial charge in [0.25, 0.3) is 11.8 Å². The number of hydrogen-bond donors (Lipinski definition) is 1. The van der Waals surface area contributed by atoms with E-state index in [1.54, 1.807) is 30.3 Å². The lowest BCUT2D eigenvalue weighted by Crippen LogP contribution is -2.54. The molecule has 4 aromatic rings. The average Bonchev–Trinajstić information content (AvgIpc) is 2.88. The highest BCUT2D eigenvalue weighted by Gasteiger charge is 2.36. The largest absolute Gasteiger partial charge is 0.488 e. The van der Waals surface area contributed by atoms with Gasteiger partial charge in [-0.2, -0.15) is 0 Å². The fourth-order valence-electron chi connectivity index (χ4n) is 4.22. The molecule has 0 bridgehead atoms. The second-order valence-electron chi connectivity index (χ2n) is 8.84. The van der Waals surface area contributed by atoms with Crippen molar-refractivity contribution < 1.29 is 19.1 Å². The summed E-state index contributed by atoms with van der Waals surface area (Å²) < 4.78 is 6.74. The first-order valence-corrected chi connectivity index (χ1v) is 12.5. The molecule has 1 aliphatic heterocycles. The van der Waals surface area contributed by atoms with Crippen molar-refractivity contribution in [2.45, 2.75) is 20.5 Å². The van der Waals surface area contributed by atoms with Gasteiger partial charge in [0.1, 0.15) is 17.9 Å². The first kappa shape index (κ1) is 24.5. The van der Waals surface area contributed by atoms with Crippen molar-refractivity contribution >= 4 is 56.3 Å². The van der Waals surface area contributed by atoms with Gasteiger partial charge in [0, 0.05) is 0 Å². The lowest BCUT2D eigenvalue weighted by molar-refractivity contribution is -0.122. The monoisotopic (exact) mass is 554 g/mol. The molecule has 37 heavy (non-hydrogen) atoms. The second-order valence-corrected chi connectivity index (χ2v) is 9.70. The smallest absolute Gasteiger partial charge is 0.335 e. The molecule has 1 N–H and O–H groups in total. The minimum atomic E-state index is -0.770. The molecule has 0 unspecified atom stereocenters. The van der Waals surface area contributed by atoms with E-state index < -0.39 is 17.8 Å². The summed E-state index contributed by atoms with van der Waals surface area (Å²) in [5.41, 5.74) is 3.92. The van der Waals surface area contributed by atoms with E-state index in [9.17, 15) is 14.4 Å². The van der Waals surface area contributed by atoms with Gasteiger partial charge in [-0.25, -0.2) is 9.69 Å². The Morgan fingerprint density at radius 3 is 2.46 bits per heavy atom. The zero-order valence-corrected chi connectivity index (χ0v) is 21.8. The van der Waals surface area contributed by atoms with Gasteiger partial charge in [-0.05, 0) is 93.1 Å². The molecule has 4 amide bonds. The maximum atomic E-state index is 13.2. The van der Waals surface area contributed by atoms with E-state index in [-0.39, 0.29) is 5.57 Å². The summed E-state index contributed by atoms with van der Waals surface area (Å²) in [6, 6.07) is 24.0. The van der Waals surface area contributed by atoms with E-state index in [1.165, 1.54) is 6.08 Å². The third kappa shape index (κ3) is 4.90. The number of fused-ring (bicyclic) bond motifs is 1. The van der Waals surface area contributed by atoms with Crippen LogP contribution in [0.15, 0.2) is 88.9 Å². The molecule has 5 rings (SSSR count). The van der Waals surface area contributed by atoms with Gasteiger partial charge in [-0.15, -0.1) is 0 Å². The number of amides is 4. The van der Waals surface area contributed by atoms with Crippen LogP contribution < -0.4 is 15.0 Å². The molecule has 0 atom stereocenters. The van der Waals surface area contributed by atoms with Crippen molar-refractivity contribution in [3.63, 3.8) is 0 Å². The van der Waals surface area contributed by atoms with E-state index in [4.69, 9.17) is 4.74 Å². The van der Waals surface area contributed by atoms with Crippen LogP contribution in [0.1, 0.15) is 22.3 Å². The number of barbiturate groups is 1. The van der Waals surface area contributed by atoms with E-state index in [0.29, 0.717) is 28.1 Å². The summed E-state index contributed by atoms with van der Waals surface area (Å²) in [5.74, 6) is -0.784. The summed E-state index contributed by atoms with van der Waals surface area (Å²) in [5, 5.41) is 4.54. The minimum Gasteiger partial charge on any atom is -0.488 e. The van der Waals surface area contributed by atoms with Crippen LogP contribution in [0.5, 0.6) is 5.75 Å². The minimum absolute atomic E-state index is 0.130. The number of nitrogens with one attached hydrogen (secondary N) is 1. The summed E-state index contributed by atoms with van der Waals surface area (Å²) in [6.07, 6.45) is 1.47. The molecule has 184 valence electrons. The Kier molecular flexibility index (Phi) is 6.63. The highest BCUT2D eigenvalue weighted by atomic mass is 79.9. The fourth-order valence-corrected chi connectivity index (χ4v) is 4.73. The Bertz CT molecular complexity index is 1600. The maximum Gasteiger partial charge on any atom is 0.335 e. The molecule has 7 heteroatoms. The molecule has 0 aromatic heterocycles. The quantitative estimate of drug-likeness (QED) is 0.227. The number of aryl methyl sites for hydroxylation is 2. The standard InChI is InChI=1S/C30H23BrN2O4/c1-18-10-12-23(14-19(18)2)33-29(35)25(28(34)32-30(33)36)15-20-11-13-27(26(31)16-20)37-17-22-8-5-7-21-6-3-4-9-24(21)22/h3-16H,17H2,1-2H3,(H,32,34,36)/b25-15+. The van der Waals surface area contributed by atoms with E-state index in [2.05, 4.69) is 39.4 Å². The summed E-state index contributed by atoms with van der Waals surface area (Å²) in [6.45, 7) is 4.22. The highest BCUT2D eigenvalue weighted by Crippen LogP contribution is 2.30. The van der Waals surface area contributed by atoms with Crippen LogP contribution >= 0.6 is 15.9 Å². The first-order chi connectivity index (χ1) is 17.8. The van der Waals surface area contributed by atoms with E-state index >= 15 is 0 Å². The lowest BCUT2D eigenvalue weighted by atomic mass is 10.0. The topological polar surface area (TPSA) is 75.7 Å². The predicted molar refractivity (Wildman–Crippen MR) is 147 cm³/mol. The molecule has 0 radical (unpaired) electrons. The molecule has 0 aliphatic carbocycles. The molecule has 6 nitrogen and oxygen atoms in total. The molecule has 0 spiro atoms. The Balaban J connectivity index is 1.38. The van der Waals surface area contributed by atoms with Gasteiger partial charge in [-0.3, -0.25) is 14.9 Å². The zero-order valence-electron chi connectivity index (χ0n) is 20.2. The predicted octanol–water partition coefficient (Wildman–Crippen LogP) is 6.46. The molecule has 1 fully saturated rings. The average molecular weight is 555 g/mol. The SMILES string of the molecule is Cc1ccc(N2C(=O)NC(=O)/C(=C\c3ccc(OCc4cccc5ccccc45)c(Br)c3)C2=O)cc1C. The maximum absolute atomic E-state index is 13.2. The molecule has 1 heterocycles. The third-order valence-electron chi connectivity index (χ3n) is 6.38. The molecule has 4 aromatic carbocycles. The van der Waals surface area contributed by atoms with Crippen molar-refractivity contribution in [1.82, 2.24) is 5.32 Å². The van der Waals surface area contributed by atoms with Crippen LogP contribution in [-0.4, -0.2) is 17.8 Å². The van der Waals surface area contributed by atoms with Gasteiger partial charge in [-0.1, -0.05) is 54.6 Å². The van der Waals surface area contributed by atoms with Crippen molar-refractivity contribution in [3.8, 4) is 5.75 Å². The lowest BCUT2D eigenvalue weighted by Gasteiger charge is -2.26. The summed E-state index contributed by atoms with van der Waals surface area (Å²) >= 11 is 3.53. The van der Waals surface area contributed by atoms with E-state index in [0.717, 1.165) is 32.4 Å². The van der Waals surface area contributed by atoms with E-state index in [1.807, 2.05) is 44.2 Å². The number of rotatable bonds is 5. The van der Waals surface area contributed by atoms with Gasteiger partial charge < -0.3 is 4.74 Å².